The minimum absolute atomic E-state index is 0.150. The van der Waals surface area contributed by atoms with Crippen molar-refractivity contribution in [2.45, 2.75) is 26.8 Å². The van der Waals surface area contributed by atoms with Gasteiger partial charge < -0.3 is 9.64 Å². The Kier molecular flexibility index (Phi) is 4.65. The van der Waals surface area contributed by atoms with Gasteiger partial charge >= 0.3 is 5.97 Å². The second-order valence-electron chi connectivity index (χ2n) is 6.23. The molecule has 0 aromatic heterocycles. The second-order valence-corrected chi connectivity index (χ2v) is 6.23. The molecule has 0 N–H and O–H groups in total. The van der Waals surface area contributed by atoms with E-state index in [2.05, 4.69) is 6.07 Å². The van der Waals surface area contributed by atoms with E-state index in [-0.39, 0.29) is 12.5 Å². The molecule has 1 aliphatic heterocycles. The molecule has 124 valence electrons. The summed E-state index contributed by atoms with van der Waals surface area (Å²) < 4.78 is 5.22. The maximum absolute atomic E-state index is 12.3. The minimum atomic E-state index is -0.446. The van der Waals surface area contributed by atoms with Crippen molar-refractivity contribution >= 4 is 11.9 Å². The largest absolute Gasteiger partial charge is 0.452 e. The van der Waals surface area contributed by atoms with E-state index in [1.54, 1.807) is 11.0 Å². The van der Waals surface area contributed by atoms with Crippen LogP contribution in [0.25, 0.3) is 0 Å². The number of nitrogens with zero attached hydrogens (tertiary/aromatic N) is 1. The molecule has 0 bridgehead atoms. The van der Waals surface area contributed by atoms with Gasteiger partial charge in [-0.2, -0.15) is 0 Å². The van der Waals surface area contributed by atoms with E-state index in [1.807, 2.05) is 44.2 Å². The zero-order valence-corrected chi connectivity index (χ0v) is 14.0. The van der Waals surface area contributed by atoms with Gasteiger partial charge in [-0.15, -0.1) is 0 Å². The first-order chi connectivity index (χ1) is 11.5. The molecular formula is C20H21NO3. The summed E-state index contributed by atoms with van der Waals surface area (Å²) in [6.07, 6.45) is 0.840. The normalized spacial score (nSPS) is 13.3. The SMILES string of the molecule is Cc1ccc(C(=O)OCC(=O)N2CCc3ccccc3C2)c(C)c1. The molecule has 4 nitrogen and oxygen atoms in total. The zero-order chi connectivity index (χ0) is 17.1. The third-order valence-electron chi connectivity index (χ3n) is 4.41. The van der Waals surface area contributed by atoms with Gasteiger partial charge in [-0.3, -0.25) is 4.79 Å². The molecule has 0 saturated carbocycles. The van der Waals surface area contributed by atoms with Gasteiger partial charge in [-0.1, -0.05) is 42.0 Å². The van der Waals surface area contributed by atoms with E-state index in [4.69, 9.17) is 4.74 Å². The monoisotopic (exact) mass is 323 g/mol. The predicted octanol–water partition coefficient (Wildman–Crippen LogP) is 3.05. The van der Waals surface area contributed by atoms with Gasteiger partial charge in [0.2, 0.25) is 0 Å². The zero-order valence-electron chi connectivity index (χ0n) is 14.0. The van der Waals surface area contributed by atoms with Gasteiger partial charge in [-0.25, -0.2) is 4.79 Å². The molecule has 0 spiro atoms. The number of carbonyl (C=O) groups is 2. The van der Waals surface area contributed by atoms with Crippen molar-refractivity contribution in [3.05, 3.63) is 70.3 Å². The lowest BCUT2D eigenvalue weighted by molar-refractivity contribution is -0.135. The molecular weight excluding hydrogens is 302 g/mol. The Morgan fingerprint density at radius 3 is 2.58 bits per heavy atom. The first-order valence-corrected chi connectivity index (χ1v) is 8.13. The van der Waals surface area contributed by atoms with E-state index in [9.17, 15) is 9.59 Å². The molecule has 0 aliphatic carbocycles. The minimum Gasteiger partial charge on any atom is -0.452 e. The molecule has 0 radical (unpaired) electrons. The van der Waals surface area contributed by atoms with E-state index >= 15 is 0 Å². The quantitative estimate of drug-likeness (QED) is 0.816. The van der Waals surface area contributed by atoms with E-state index in [1.165, 1.54) is 5.56 Å². The van der Waals surface area contributed by atoms with Gasteiger partial charge in [0, 0.05) is 13.1 Å². The number of amides is 1. The number of hydrogen-bond donors (Lipinski definition) is 0. The van der Waals surface area contributed by atoms with Crippen LogP contribution in [0.15, 0.2) is 42.5 Å². The summed E-state index contributed by atoms with van der Waals surface area (Å²) in [5, 5.41) is 0. The number of aryl methyl sites for hydroxylation is 2. The highest BCUT2D eigenvalue weighted by atomic mass is 16.5. The van der Waals surface area contributed by atoms with E-state index in [0.29, 0.717) is 18.7 Å². The Balaban J connectivity index is 1.59. The number of carbonyl (C=O) groups excluding carboxylic acids is 2. The highest BCUT2D eigenvalue weighted by molar-refractivity contribution is 5.92. The van der Waals surface area contributed by atoms with Crippen LogP contribution in [0.3, 0.4) is 0 Å². The van der Waals surface area contributed by atoms with Crippen LogP contribution in [-0.2, 0) is 22.5 Å². The number of esters is 1. The summed E-state index contributed by atoms with van der Waals surface area (Å²) in [4.78, 5) is 26.2. The van der Waals surface area contributed by atoms with Crippen molar-refractivity contribution in [3.63, 3.8) is 0 Å². The number of hydrogen-bond acceptors (Lipinski definition) is 3. The van der Waals surface area contributed by atoms with E-state index < -0.39 is 5.97 Å². The molecule has 0 atom stereocenters. The van der Waals surface area contributed by atoms with Crippen LogP contribution in [0.1, 0.15) is 32.6 Å². The number of rotatable bonds is 3. The van der Waals surface area contributed by atoms with Crippen molar-refractivity contribution < 1.29 is 14.3 Å². The number of benzene rings is 2. The number of fused-ring (bicyclic) bond motifs is 1. The van der Waals surface area contributed by atoms with Crippen molar-refractivity contribution in [2.24, 2.45) is 0 Å². The fraction of sp³-hybridized carbons (Fsp3) is 0.300. The molecule has 1 heterocycles. The topological polar surface area (TPSA) is 46.6 Å². The van der Waals surface area contributed by atoms with Crippen LogP contribution >= 0.6 is 0 Å². The molecule has 0 unspecified atom stereocenters. The molecule has 0 saturated heterocycles. The van der Waals surface area contributed by atoms with Gasteiger partial charge in [0.15, 0.2) is 6.61 Å². The Morgan fingerprint density at radius 2 is 1.83 bits per heavy atom. The Hall–Kier alpha value is -2.62. The highest BCUT2D eigenvalue weighted by Gasteiger charge is 2.21. The van der Waals surface area contributed by atoms with Crippen molar-refractivity contribution in [1.29, 1.82) is 0 Å². The molecule has 1 aliphatic rings. The molecule has 1 amide bonds. The van der Waals surface area contributed by atoms with Crippen LogP contribution < -0.4 is 0 Å². The number of ether oxygens (including phenoxy) is 1. The fourth-order valence-electron chi connectivity index (χ4n) is 3.05. The predicted molar refractivity (Wildman–Crippen MR) is 91.8 cm³/mol. The standard InChI is InChI=1S/C20H21NO3/c1-14-7-8-18(15(2)11-14)20(23)24-13-19(22)21-10-9-16-5-3-4-6-17(16)12-21/h3-8,11H,9-10,12-13H2,1-2H3. The first-order valence-electron chi connectivity index (χ1n) is 8.13. The summed E-state index contributed by atoms with van der Waals surface area (Å²) in [6, 6.07) is 13.7. The summed E-state index contributed by atoms with van der Waals surface area (Å²) in [5.41, 5.74) is 4.91. The van der Waals surface area contributed by atoms with Crippen LogP contribution in [0, 0.1) is 13.8 Å². The van der Waals surface area contributed by atoms with Crippen LogP contribution in [0.5, 0.6) is 0 Å². The van der Waals surface area contributed by atoms with Crippen LogP contribution in [-0.4, -0.2) is 29.9 Å². The lowest BCUT2D eigenvalue weighted by Gasteiger charge is -2.28. The summed E-state index contributed by atoms with van der Waals surface area (Å²) >= 11 is 0. The first kappa shape index (κ1) is 16.2. The van der Waals surface area contributed by atoms with Gasteiger partial charge in [-0.05, 0) is 43.0 Å². The lowest BCUT2D eigenvalue weighted by atomic mass is 10.00. The molecule has 0 fully saturated rings. The van der Waals surface area contributed by atoms with Gasteiger partial charge in [0.1, 0.15) is 0 Å². The Bertz CT molecular complexity index is 782. The third kappa shape index (κ3) is 3.48. The fourth-order valence-corrected chi connectivity index (χ4v) is 3.05. The highest BCUT2D eigenvalue weighted by Crippen LogP contribution is 2.18. The van der Waals surface area contributed by atoms with Crippen molar-refractivity contribution in [3.8, 4) is 0 Å². The Morgan fingerprint density at radius 1 is 1.08 bits per heavy atom. The smallest absolute Gasteiger partial charge is 0.338 e. The van der Waals surface area contributed by atoms with E-state index in [0.717, 1.165) is 23.1 Å². The molecule has 2 aromatic rings. The summed E-state index contributed by atoms with van der Waals surface area (Å²) in [6.45, 7) is 4.87. The second kappa shape index (κ2) is 6.87. The van der Waals surface area contributed by atoms with Gasteiger partial charge in [0.25, 0.3) is 5.91 Å². The molecule has 3 rings (SSSR count). The maximum atomic E-state index is 12.3. The average molecular weight is 323 g/mol. The van der Waals surface area contributed by atoms with Crippen molar-refractivity contribution in [1.82, 2.24) is 4.90 Å². The summed E-state index contributed by atoms with van der Waals surface area (Å²) in [5.74, 6) is -0.596. The van der Waals surface area contributed by atoms with Crippen LogP contribution in [0.2, 0.25) is 0 Å². The molecule has 24 heavy (non-hydrogen) atoms. The molecule has 2 aromatic carbocycles. The summed E-state index contributed by atoms with van der Waals surface area (Å²) in [7, 11) is 0. The average Bonchev–Trinajstić information content (AvgIpc) is 2.59. The lowest BCUT2D eigenvalue weighted by Crippen LogP contribution is -2.38. The van der Waals surface area contributed by atoms with Gasteiger partial charge in [0.05, 0.1) is 5.56 Å². The third-order valence-corrected chi connectivity index (χ3v) is 4.41. The molecule has 4 heteroatoms. The Labute approximate surface area is 142 Å². The maximum Gasteiger partial charge on any atom is 0.338 e. The van der Waals surface area contributed by atoms with Crippen LogP contribution in [0.4, 0.5) is 0 Å². The van der Waals surface area contributed by atoms with Crippen molar-refractivity contribution in [2.75, 3.05) is 13.2 Å².